The average molecular weight is 250 g/mol. The Morgan fingerprint density at radius 2 is 2.28 bits per heavy atom. The first-order valence-corrected chi connectivity index (χ1v) is 7.17. The Morgan fingerprint density at radius 3 is 2.89 bits per heavy atom. The lowest BCUT2D eigenvalue weighted by molar-refractivity contribution is 0.101. The third-order valence-electron chi connectivity index (χ3n) is 4.01. The highest BCUT2D eigenvalue weighted by Crippen LogP contribution is 2.36. The molecule has 0 aliphatic carbocycles. The Kier molecular flexibility index (Phi) is 4.84. The van der Waals surface area contributed by atoms with E-state index < -0.39 is 0 Å². The zero-order valence-corrected chi connectivity index (χ0v) is 11.9. The van der Waals surface area contributed by atoms with Crippen LogP contribution < -0.4 is 5.32 Å². The predicted octanol–water partition coefficient (Wildman–Crippen LogP) is 3.05. The third kappa shape index (κ3) is 2.96. The predicted molar refractivity (Wildman–Crippen MR) is 74.6 cm³/mol. The van der Waals surface area contributed by atoms with E-state index in [0.717, 1.165) is 12.3 Å². The molecule has 0 saturated carbocycles. The van der Waals surface area contributed by atoms with Crippen LogP contribution >= 0.6 is 0 Å². The van der Waals surface area contributed by atoms with E-state index >= 15 is 0 Å². The molecule has 1 aromatic rings. The molecule has 102 valence electrons. The fourth-order valence-corrected chi connectivity index (χ4v) is 3.18. The molecule has 0 amide bonds. The number of hydrogen-bond donors (Lipinski definition) is 1. The summed E-state index contributed by atoms with van der Waals surface area (Å²) in [5.74, 6) is 1.77. The topological polar surface area (TPSA) is 28.4 Å². The van der Waals surface area contributed by atoms with Gasteiger partial charge in [-0.25, -0.2) is 0 Å². The van der Waals surface area contributed by atoms with Crippen LogP contribution in [0.5, 0.6) is 0 Å². The van der Waals surface area contributed by atoms with Gasteiger partial charge in [0.25, 0.3) is 0 Å². The number of nitrogens with one attached hydrogen (secondary N) is 1. The first kappa shape index (κ1) is 13.6. The average Bonchev–Trinajstić information content (AvgIpc) is 2.77. The Bertz CT molecular complexity index is 334. The highest BCUT2D eigenvalue weighted by atomic mass is 16.3. The summed E-state index contributed by atoms with van der Waals surface area (Å²) >= 11 is 0. The molecule has 1 fully saturated rings. The van der Waals surface area contributed by atoms with Crippen molar-refractivity contribution in [1.29, 1.82) is 0 Å². The van der Waals surface area contributed by atoms with Crippen LogP contribution in [0, 0.1) is 5.92 Å². The molecular weight excluding hydrogens is 224 g/mol. The minimum absolute atomic E-state index is 0.426. The van der Waals surface area contributed by atoms with Crippen LogP contribution in [0.15, 0.2) is 22.8 Å². The maximum Gasteiger partial charge on any atom is 0.121 e. The van der Waals surface area contributed by atoms with Gasteiger partial charge in [0.05, 0.1) is 12.3 Å². The first-order valence-electron chi connectivity index (χ1n) is 7.17. The lowest BCUT2D eigenvalue weighted by Crippen LogP contribution is -2.40. The van der Waals surface area contributed by atoms with Gasteiger partial charge < -0.3 is 9.73 Å². The highest BCUT2D eigenvalue weighted by Gasteiger charge is 2.33. The molecule has 0 bridgehead atoms. The van der Waals surface area contributed by atoms with Crippen molar-refractivity contribution in [2.75, 3.05) is 20.1 Å². The fourth-order valence-electron chi connectivity index (χ4n) is 3.18. The maximum atomic E-state index is 5.72. The molecule has 2 heterocycles. The molecule has 1 saturated heterocycles. The lowest BCUT2D eigenvalue weighted by atomic mass is 9.92. The molecule has 3 heteroatoms. The van der Waals surface area contributed by atoms with Crippen molar-refractivity contribution < 1.29 is 4.42 Å². The van der Waals surface area contributed by atoms with Gasteiger partial charge in [0, 0.05) is 6.04 Å². The summed E-state index contributed by atoms with van der Waals surface area (Å²) in [4.78, 5) is 2.60. The van der Waals surface area contributed by atoms with Crippen LogP contribution in [-0.4, -0.2) is 31.1 Å². The molecule has 3 nitrogen and oxygen atoms in total. The first-order chi connectivity index (χ1) is 8.74. The van der Waals surface area contributed by atoms with E-state index in [9.17, 15) is 0 Å². The quantitative estimate of drug-likeness (QED) is 0.890. The molecule has 0 radical (unpaired) electrons. The van der Waals surface area contributed by atoms with Crippen LogP contribution in [0.1, 0.15) is 44.9 Å². The number of likely N-dealkylation sites (tertiary alicyclic amines) is 1. The molecule has 1 N–H and O–H groups in total. The van der Waals surface area contributed by atoms with Crippen molar-refractivity contribution in [1.82, 2.24) is 10.2 Å². The molecule has 1 aromatic heterocycles. The zero-order valence-electron chi connectivity index (χ0n) is 11.9. The van der Waals surface area contributed by atoms with Crippen molar-refractivity contribution in [3.05, 3.63) is 24.2 Å². The summed E-state index contributed by atoms with van der Waals surface area (Å²) in [5.41, 5.74) is 0. The Hall–Kier alpha value is -0.800. The van der Waals surface area contributed by atoms with E-state index in [1.54, 1.807) is 6.26 Å². The van der Waals surface area contributed by atoms with E-state index in [-0.39, 0.29) is 0 Å². The number of rotatable bonds is 4. The van der Waals surface area contributed by atoms with Crippen molar-refractivity contribution >= 4 is 0 Å². The van der Waals surface area contributed by atoms with Gasteiger partial charge in [-0.1, -0.05) is 6.42 Å². The SMILES string of the molecule is CNCC1CCCCN(C(C)C)C1c1ccco1. The lowest BCUT2D eigenvalue weighted by Gasteiger charge is -2.36. The minimum Gasteiger partial charge on any atom is -0.468 e. The van der Waals surface area contributed by atoms with Crippen LogP contribution in [0.4, 0.5) is 0 Å². The normalized spacial score (nSPS) is 26.4. The highest BCUT2D eigenvalue weighted by molar-refractivity contribution is 5.08. The van der Waals surface area contributed by atoms with Gasteiger partial charge in [-0.2, -0.15) is 0 Å². The summed E-state index contributed by atoms with van der Waals surface area (Å²) in [6.07, 6.45) is 5.72. The number of nitrogens with zero attached hydrogens (tertiary/aromatic N) is 1. The van der Waals surface area contributed by atoms with Crippen LogP contribution in [-0.2, 0) is 0 Å². The second-order valence-electron chi connectivity index (χ2n) is 5.61. The second-order valence-corrected chi connectivity index (χ2v) is 5.61. The van der Waals surface area contributed by atoms with E-state index in [0.29, 0.717) is 18.0 Å². The molecular formula is C15H26N2O. The fraction of sp³-hybridized carbons (Fsp3) is 0.733. The number of hydrogen-bond acceptors (Lipinski definition) is 3. The summed E-state index contributed by atoms with van der Waals surface area (Å²) in [6.45, 7) is 6.83. The van der Waals surface area contributed by atoms with Crippen LogP contribution in [0.3, 0.4) is 0 Å². The van der Waals surface area contributed by atoms with Gasteiger partial charge >= 0.3 is 0 Å². The van der Waals surface area contributed by atoms with E-state index in [2.05, 4.69) is 30.1 Å². The molecule has 2 rings (SSSR count). The summed E-state index contributed by atoms with van der Waals surface area (Å²) in [7, 11) is 2.05. The summed E-state index contributed by atoms with van der Waals surface area (Å²) in [5, 5.41) is 3.35. The van der Waals surface area contributed by atoms with Gasteiger partial charge in [-0.15, -0.1) is 0 Å². The van der Waals surface area contributed by atoms with Gasteiger partial charge in [-0.05, 0) is 64.9 Å². The van der Waals surface area contributed by atoms with Gasteiger partial charge in [-0.3, -0.25) is 4.90 Å². The molecule has 2 unspecified atom stereocenters. The molecule has 0 spiro atoms. The Balaban J connectivity index is 2.27. The van der Waals surface area contributed by atoms with Crippen molar-refractivity contribution in [2.24, 2.45) is 5.92 Å². The molecule has 1 aliphatic rings. The summed E-state index contributed by atoms with van der Waals surface area (Å²) < 4.78 is 5.72. The van der Waals surface area contributed by atoms with Crippen LogP contribution in [0.25, 0.3) is 0 Å². The summed E-state index contributed by atoms with van der Waals surface area (Å²) in [6, 6.07) is 5.14. The molecule has 0 aromatic carbocycles. The number of furan rings is 1. The van der Waals surface area contributed by atoms with Crippen molar-refractivity contribution in [3.8, 4) is 0 Å². The van der Waals surface area contributed by atoms with Crippen molar-refractivity contribution in [2.45, 2.75) is 45.2 Å². The standard InChI is InChI=1S/C15H26N2O/c1-12(2)17-9-5-4-7-13(11-16-3)15(17)14-8-6-10-18-14/h6,8,10,12-13,15-16H,4-5,7,9,11H2,1-3H3. The third-order valence-corrected chi connectivity index (χ3v) is 4.01. The van der Waals surface area contributed by atoms with Gasteiger partial charge in [0.2, 0.25) is 0 Å². The zero-order chi connectivity index (χ0) is 13.0. The Labute approximate surface area is 111 Å². The smallest absolute Gasteiger partial charge is 0.121 e. The van der Waals surface area contributed by atoms with Crippen LogP contribution in [0.2, 0.25) is 0 Å². The monoisotopic (exact) mass is 250 g/mol. The van der Waals surface area contributed by atoms with E-state index in [1.807, 2.05) is 13.1 Å². The van der Waals surface area contributed by atoms with Gasteiger partial charge in [0.1, 0.15) is 5.76 Å². The van der Waals surface area contributed by atoms with Gasteiger partial charge in [0.15, 0.2) is 0 Å². The molecule has 18 heavy (non-hydrogen) atoms. The largest absolute Gasteiger partial charge is 0.468 e. The molecule has 1 aliphatic heterocycles. The molecule has 2 atom stereocenters. The van der Waals surface area contributed by atoms with Crippen molar-refractivity contribution in [3.63, 3.8) is 0 Å². The second kappa shape index (κ2) is 6.39. The minimum atomic E-state index is 0.426. The maximum absolute atomic E-state index is 5.72. The Morgan fingerprint density at radius 1 is 1.44 bits per heavy atom. The van der Waals surface area contributed by atoms with E-state index in [4.69, 9.17) is 4.42 Å². The van der Waals surface area contributed by atoms with E-state index in [1.165, 1.54) is 25.8 Å².